The van der Waals surface area contributed by atoms with E-state index in [4.69, 9.17) is 0 Å². The maximum atomic E-state index is 12.1. The molecule has 31 heavy (non-hydrogen) atoms. The maximum Gasteiger partial charge on any atom is 0.411 e. The minimum Gasteiger partial charge on any atom is -0.367 e. The highest BCUT2D eigenvalue weighted by molar-refractivity contribution is 5.79. The lowest BCUT2D eigenvalue weighted by molar-refractivity contribution is -0.176. The first-order valence-electron chi connectivity index (χ1n) is 9.69. The fraction of sp³-hybridized carbons (Fsp3) is 0.273. The molecule has 0 saturated carbocycles. The van der Waals surface area contributed by atoms with Gasteiger partial charge in [0, 0.05) is 13.6 Å². The Morgan fingerprint density at radius 3 is 2.35 bits per heavy atom. The van der Waals surface area contributed by atoms with E-state index in [0.717, 1.165) is 22.6 Å². The van der Waals surface area contributed by atoms with E-state index in [-0.39, 0.29) is 6.61 Å². The number of aliphatic imine (C=N–C) groups is 1. The van der Waals surface area contributed by atoms with Crippen LogP contribution in [0.15, 0.2) is 65.8 Å². The van der Waals surface area contributed by atoms with Crippen LogP contribution in [0.1, 0.15) is 17.0 Å². The van der Waals surface area contributed by atoms with Crippen molar-refractivity contribution in [3.05, 3.63) is 77.7 Å². The van der Waals surface area contributed by atoms with Crippen molar-refractivity contribution in [3.63, 3.8) is 0 Å². The highest BCUT2D eigenvalue weighted by Gasteiger charge is 2.27. The number of imidazole rings is 1. The minimum atomic E-state index is -4.31. The number of aromatic amines is 1. The SMILES string of the molecule is CN=C(NCc1ccc(COCC(F)(F)F)cc1)NCc1ncc(-c2ccccc2)[nH]1. The Balaban J connectivity index is 1.44. The standard InChI is InChI=1S/C22H24F3N5O/c1-26-21(29-13-20-27-12-19(30-20)18-5-3-2-4-6-18)28-11-16-7-9-17(10-8-16)14-31-15-22(23,24)25/h2-10,12H,11,13-15H2,1H3,(H,27,30)(H2,26,28,29). The Morgan fingerprint density at radius 1 is 1.00 bits per heavy atom. The van der Waals surface area contributed by atoms with Crippen LogP contribution in [-0.2, 0) is 24.4 Å². The highest BCUT2D eigenvalue weighted by atomic mass is 19.4. The normalized spacial score (nSPS) is 12.1. The van der Waals surface area contributed by atoms with Gasteiger partial charge in [-0.15, -0.1) is 0 Å². The van der Waals surface area contributed by atoms with Crippen molar-refractivity contribution < 1.29 is 17.9 Å². The molecule has 0 spiro atoms. The Morgan fingerprint density at radius 2 is 1.68 bits per heavy atom. The third-order valence-electron chi connectivity index (χ3n) is 4.38. The lowest BCUT2D eigenvalue weighted by Crippen LogP contribution is -2.36. The molecule has 3 N–H and O–H groups in total. The van der Waals surface area contributed by atoms with Gasteiger partial charge in [-0.05, 0) is 16.7 Å². The number of halogens is 3. The predicted molar refractivity (Wildman–Crippen MR) is 113 cm³/mol. The third kappa shape index (κ3) is 7.45. The first-order chi connectivity index (χ1) is 14.9. The Bertz CT molecular complexity index is 969. The van der Waals surface area contributed by atoms with Crippen LogP contribution in [-0.4, -0.2) is 35.8 Å². The average molecular weight is 431 g/mol. The fourth-order valence-corrected chi connectivity index (χ4v) is 2.83. The van der Waals surface area contributed by atoms with Gasteiger partial charge in [0.05, 0.1) is 25.0 Å². The van der Waals surface area contributed by atoms with Gasteiger partial charge in [0.25, 0.3) is 0 Å². The predicted octanol–water partition coefficient (Wildman–Crippen LogP) is 4.02. The number of guanidine groups is 1. The molecule has 3 rings (SSSR count). The van der Waals surface area contributed by atoms with E-state index in [1.807, 2.05) is 42.5 Å². The molecule has 0 fully saturated rings. The molecule has 2 aromatic carbocycles. The number of H-pyrrole nitrogens is 1. The van der Waals surface area contributed by atoms with Crippen molar-refractivity contribution in [2.75, 3.05) is 13.7 Å². The van der Waals surface area contributed by atoms with Crippen molar-refractivity contribution in [2.45, 2.75) is 25.9 Å². The van der Waals surface area contributed by atoms with Gasteiger partial charge in [-0.3, -0.25) is 4.99 Å². The Hall–Kier alpha value is -3.33. The van der Waals surface area contributed by atoms with Crippen LogP contribution in [0.2, 0.25) is 0 Å². The largest absolute Gasteiger partial charge is 0.411 e. The number of hydrogen-bond acceptors (Lipinski definition) is 3. The molecule has 0 atom stereocenters. The number of nitrogens with zero attached hydrogens (tertiary/aromatic N) is 2. The summed E-state index contributed by atoms with van der Waals surface area (Å²) in [5.41, 5.74) is 3.66. The molecule has 0 aliphatic carbocycles. The molecule has 3 aromatic rings. The second-order valence-electron chi connectivity index (χ2n) is 6.81. The molecule has 0 amide bonds. The lowest BCUT2D eigenvalue weighted by Gasteiger charge is -2.12. The molecule has 9 heteroatoms. The first-order valence-corrected chi connectivity index (χ1v) is 9.69. The summed E-state index contributed by atoms with van der Waals surface area (Å²) in [5.74, 6) is 1.39. The summed E-state index contributed by atoms with van der Waals surface area (Å²) in [4.78, 5) is 11.9. The lowest BCUT2D eigenvalue weighted by atomic mass is 10.1. The van der Waals surface area contributed by atoms with Gasteiger partial charge >= 0.3 is 6.18 Å². The molecule has 6 nitrogen and oxygen atoms in total. The molecule has 164 valence electrons. The van der Waals surface area contributed by atoms with Gasteiger partial charge in [0.1, 0.15) is 12.4 Å². The molecular weight excluding hydrogens is 407 g/mol. The number of benzene rings is 2. The summed E-state index contributed by atoms with van der Waals surface area (Å²) in [6.45, 7) is -0.343. The van der Waals surface area contributed by atoms with Crippen molar-refractivity contribution in [3.8, 4) is 11.3 Å². The Labute approximate surface area is 178 Å². The zero-order chi connectivity index (χ0) is 22.1. The molecular formula is C22H24F3N5O. The van der Waals surface area contributed by atoms with Crippen LogP contribution in [0.3, 0.4) is 0 Å². The van der Waals surface area contributed by atoms with Crippen molar-refractivity contribution in [1.29, 1.82) is 0 Å². The molecule has 1 heterocycles. The van der Waals surface area contributed by atoms with Crippen LogP contribution in [0.5, 0.6) is 0 Å². The van der Waals surface area contributed by atoms with Gasteiger partial charge < -0.3 is 20.4 Å². The average Bonchev–Trinajstić information content (AvgIpc) is 3.24. The zero-order valence-corrected chi connectivity index (χ0v) is 17.0. The van der Waals surface area contributed by atoms with Gasteiger partial charge in [-0.1, -0.05) is 54.6 Å². The van der Waals surface area contributed by atoms with Crippen LogP contribution < -0.4 is 10.6 Å². The topological polar surface area (TPSA) is 74.3 Å². The molecule has 1 aromatic heterocycles. The summed E-state index contributed by atoms with van der Waals surface area (Å²) in [6, 6.07) is 17.1. The van der Waals surface area contributed by atoms with Crippen LogP contribution in [0, 0.1) is 0 Å². The van der Waals surface area contributed by atoms with E-state index >= 15 is 0 Å². The number of rotatable bonds is 8. The summed E-state index contributed by atoms with van der Waals surface area (Å²) >= 11 is 0. The van der Waals surface area contributed by atoms with E-state index in [1.54, 1.807) is 25.4 Å². The molecule has 0 aliphatic heterocycles. The van der Waals surface area contributed by atoms with Gasteiger partial charge in [-0.2, -0.15) is 13.2 Å². The smallest absolute Gasteiger partial charge is 0.367 e. The monoisotopic (exact) mass is 431 g/mol. The van der Waals surface area contributed by atoms with E-state index in [9.17, 15) is 13.2 Å². The van der Waals surface area contributed by atoms with Crippen LogP contribution >= 0.6 is 0 Å². The zero-order valence-electron chi connectivity index (χ0n) is 17.0. The number of ether oxygens (including phenoxy) is 1. The second kappa shape index (κ2) is 10.6. The highest BCUT2D eigenvalue weighted by Crippen LogP contribution is 2.16. The van der Waals surface area contributed by atoms with E-state index in [1.165, 1.54) is 0 Å². The maximum absolute atomic E-state index is 12.1. The van der Waals surface area contributed by atoms with E-state index < -0.39 is 12.8 Å². The van der Waals surface area contributed by atoms with Gasteiger partial charge in [0.2, 0.25) is 0 Å². The number of aromatic nitrogens is 2. The fourth-order valence-electron chi connectivity index (χ4n) is 2.83. The Kier molecular flexibility index (Phi) is 7.66. The summed E-state index contributed by atoms with van der Waals surface area (Å²) in [7, 11) is 1.67. The summed E-state index contributed by atoms with van der Waals surface area (Å²) in [6.07, 6.45) is -2.52. The second-order valence-corrected chi connectivity index (χ2v) is 6.81. The minimum absolute atomic E-state index is 0.0788. The van der Waals surface area contributed by atoms with Crippen molar-refractivity contribution in [2.24, 2.45) is 4.99 Å². The van der Waals surface area contributed by atoms with Gasteiger partial charge in [0.15, 0.2) is 5.96 Å². The molecule has 0 unspecified atom stereocenters. The van der Waals surface area contributed by atoms with E-state index in [0.29, 0.717) is 24.6 Å². The summed E-state index contributed by atoms with van der Waals surface area (Å²) < 4.78 is 41.0. The van der Waals surface area contributed by atoms with Crippen LogP contribution in [0.4, 0.5) is 13.2 Å². The molecule has 0 radical (unpaired) electrons. The van der Waals surface area contributed by atoms with Crippen LogP contribution in [0.25, 0.3) is 11.3 Å². The van der Waals surface area contributed by atoms with E-state index in [2.05, 4.69) is 30.3 Å². The number of hydrogen-bond donors (Lipinski definition) is 3. The molecule has 0 aliphatic rings. The van der Waals surface area contributed by atoms with Crippen molar-refractivity contribution >= 4 is 5.96 Å². The third-order valence-corrected chi connectivity index (χ3v) is 4.38. The molecule has 0 bridgehead atoms. The molecule has 0 saturated heterocycles. The quantitative estimate of drug-likeness (QED) is 0.372. The number of nitrogens with one attached hydrogen (secondary N) is 3. The van der Waals surface area contributed by atoms with Crippen molar-refractivity contribution in [1.82, 2.24) is 20.6 Å². The first kappa shape index (κ1) is 22.4. The number of alkyl halides is 3. The summed E-state index contributed by atoms with van der Waals surface area (Å²) in [5, 5.41) is 6.39. The van der Waals surface area contributed by atoms with Gasteiger partial charge in [-0.25, -0.2) is 4.98 Å².